The van der Waals surface area contributed by atoms with Gasteiger partial charge in [0.15, 0.2) is 0 Å². The van der Waals surface area contributed by atoms with Crippen molar-refractivity contribution in [2.75, 3.05) is 13.1 Å². The maximum absolute atomic E-state index is 6.11. The lowest BCUT2D eigenvalue weighted by molar-refractivity contribution is 0.184. The molecular formula is C17H22N2S. The quantitative estimate of drug-likeness (QED) is 0.936. The van der Waals surface area contributed by atoms with Gasteiger partial charge in [-0.3, -0.25) is 4.90 Å². The molecule has 0 aliphatic carbocycles. The Morgan fingerprint density at radius 3 is 2.95 bits per heavy atom. The third kappa shape index (κ3) is 2.53. The Balaban J connectivity index is 1.89. The number of nitrogens with two attached hydrogens (primary N) is 1. The van der Waals surface area contributed by atoms with E-state index in [4.69, 9.17) is 5.73 Å². The van der Waals surface area contributed by atoms with E-state index < -0.39 is 0 Å². The van der Waals surface area contributed by atoms with Gasteiger partial charge in [0, 0.05) is 30.6 Å². The van der Waals surface area contributed by atoms with Gasteiger partial charge in [-0.05, 0) is 48.4 Å². The monoisotopic (exact) mass is 286 g/mol. The van der Waals surface area contributed by atoms with Crippen molar-refractivity contribution in [3.8, 4) is 0 Å². The zero-order chi connectivity index (χ0) is 14.1. The van der Waals surface area contributed by atoms with Crippen LogP contribution in [0.2, 0.25) is 0 Å². The number of nitrogens with zero attached hydrogens (tertiary/aromatic N) is 1. The summed E-state index contributed by atoms with van der Waals surface area (Å²) in [6.45, 7) is 7.18. The van der Waals surface area contributed by atoms with E-state index in [0.29, 0.717) is 12.6 Å². The highest BCUT2D eigenvalue weighted by Gasteiger charge is 2.25. The molecule has 1 unspecified atom stereocenters. The SMILES string of the molecule is Cc1ccc(C)c(C(CN)N2CCc3sccc3C2)c1. The Labute approximate surface area is 125 Å². The molecule has 0 radical (unpaired) electrons. The lowest BCUT2D eigenvalue weighted by Gasteiger charge is -2.35. The molecule has 1 atom stereocenters. The molecule has 106 valence electrons. The zero-order valence-electron chi connectivity index (χ0n) is 12.2. The van der Waals surface area contributed by atoms with Gasteiger partial charge in [0.25, 0.3) is 0 Å². The van der Waals surface area contributed by atoms with Crippen molar-refractivity contribution in [2.45, 2.75) is 32.9 Å². The molecule has 2 aromatic rings. The summed E-state index contributed by atoms with van der Waals surface area (Å²) in [7, 11) is 0. The minimum atomic E-state index is 0.336. The highest BCUT2D eigenvalue weighted by atomic mass is 32.1. The standard InChI is InChI=1S/C17H22N2S/c1-12-3-4-13(2)15(9-12)16(10-18)19-7-5-17-14(11-19)6-8-20-17/h3-4,6,8-9,16H,5,7,10-11,18H2,1-2H3. The minimum Gasteiger partial charge on any atom is -0.329 e. The van der Waals surface area contributed by atoms with E-state index in [1.807, 2.05) is 11.3 Å². The van der Waals surface area contributed by atoms with Crippen molar-refractivity contribution >= 4 is 11.3 Å². The topological polar surface area (TPSA) is 29.3 Å². The van der Waals surface area contributed by atoms with E-state index in [2.05, 4.69) is 48.4 Å². The molecule has 2 nitrogen and oxygen atoms in total. The van der Waals surface area contributed by atoms with Gasteiger partial charge in [-0.1, -0.05) is 23.8 Å². The lowest BCUT2D eigenvalue weighted by Crippen LogP contribution is -2.37. The van der Waals surface area contributed by atoms with Crippen LogP contribution in [0, 0.1) is 13.8 Å². The Kier molecular flexibility index (Phi) is 3.92. The van der Waals surface area contributed by atoms with E-state index >= 15 is 0 Å². The Hall–Kier alpha value is -1.16. The summed E-state index contributed by atoms with van der Waals surface area (Å²) < 4.78 is 0. The summed E-state index contributed by atoms with van der Waals surface area (Å²) in [4.78, 5) is 4.09. The molecule has 0 saturated heterocycles. The third-order valence-corrected chi connectivity index (χ3v) is 5.32. The largest absolute Gasteiger partial charge is 0.329 e. The van der Waals surface area contributed by atoms with Crippen LogP contribution in [-0.2, 0) is 13.0 Å². The summed E-state index contributed by atoms with van der Waals surface area (Å²) in [5.41, 5.74) is 11.7. The van der Waals surface area contributed by atoms with Crippen LogP contribution in [0.3, 0.4) is 0 Å². The third-order valence-electron chi connectivity index (χ3n) is 4.29. The fourth-order valence-electron chi connectivity index (χ4n) is 3.13. The predicted molar refractivity (Wildman–Crippen MR) is 86.1 cm³/mol. The van der Waals surface area contributed by atoms with E-state index in [1.165, 1.54) is 22.3 Å². The average Bonchev–Trinajstić information content (AvgIpc) is 2.91. The van der Waals surface area contributed by atoms with Gasteiger partial charge in [0.05, 0.1) is 0 Å². The summed E-state index contributed by atoms with van der Waals surface area (Å²) in [5, 5.41) is 2.21. The van der Waals surface area contributed by atoms with E-state index in [-0.39, 0.29) is 0 Å². The molecular weight excluding hydrogens is 264 g/mol. The van der Waals surface area contributed by atoms with Gasteiger partial charge >= 0.3 is 0 Å². The van der Waals surface area contributed by atoms with Crippen molar-refractivity contribution < 1.29 is 0 Å². The molecule has 2 heterocycles. The molecule has 20 heavy (non-hydrogen) atoms. The molecule has 1 aromatic carbocycles. The van der Waals surface area contributed by atoms with Crippen LogP contribution in [0.15, 0.2) is 29.6 Å². The fraction of sp³-hybridized carbons (Fsp3) is 0.412. The van der Waals surface area contributed by atoms with Crippen LogP contribution in [0.25, 0.3) is 0 Å². The van der Waals surface area contributed by atoms with Crippen LogP contribution in [0.1, 0.15) is 33.2 Å². The first-order valence-electron chi connectivity index (χ1n) is 7.25. The highest BCUT2D eigenvalue weighted by Crippen LogP contribution is 2.31. The van der Waals surface area contributed by atoms with Gasteiger partial charge in [0.1, 0.15) is 0 Å². The van der Waals surface area contributed by atoms with Crippen LogP contribution in [0.4, 0.5) is 0 Å². The average molecular weight is 286 g/mol. The summed E-state index contributed by atoms with van der Waals surface area (Å²) in [6, 6.07) is 9.30. The number of rotatable bonds is 3. The van der Waals surface area contributed by atoms with Crippen molar-refractivity contribution in [1.29, 1.82) is 0 Å². The molecule has 0 spiro atoms. The molecule has 2 N–H and O–H groups in total. The smallest absolute Gasteiger partial charge is 0.0476 e. The van der Waals surface area contributed by atoms with Gasteiger partial charge < -0.3 is 5.73 Å². The normalized spacial score (nSPS) is 16.9. The molecule has 0 saturated carbocycles. The highest BCUT2D eigenvalue weighted by molar-refractivity contribution is 7.10. The zero-order valence-corrected chi connectivity index (χ0v) is 13.0. The van der Waals surface area contributed by atoms with Crippen LogP contribution in [0.5, 0.6) is 0 Å². The Bertz CT molecular complexity index is 603. The van der Waals surface area contributed by atoms with Gasteiger partial charge in [-0.15, -0.1) is 11.3 Å². The Morgan fingerprint density at radius 2 is 2.15 bits per heavy atom. The van der Waals surface area contributed by atoms with Gasteiger partial charge in [-0.25, -0.2) is 0 Å². The molecule has 1 aliphatic rings. The Morgan fingerprint density at radius 1 is 1.30 bits per heavy atom. The summed E-state index contributed by atoms with van der Waals surface area (Å²) in [5.74, 6) is 0. The molecule has 0 bridgehead atoms. The van der Waals surface area contributed by atoms with Crippen LogP contribution >= 0.6 is 11.3 Å². The van der Waals surface area contributed by atoms with Crippen LogP contribution < -0.4 is 5.73 Å². The van der Waals surface area contributed by atoms with Crippen molar-refractivity contribution in [3.63, 3.8) is 0 Å². The molecule has 1 aliphatic heterocycles. The maximum Gasteiger partial charge on any atom is 0.0476 e. The van der Waals surface area contributed by atoms with E-state index in [1.54, 1.807) is 4.88 Å². The van der Waals surface area contributed by atoms with E-state index in [9.17, 15) is 0 Å². The van der Waals surface area contributed by atoms with Crippen LogP contribution in [-0.4, -0.2) is 18.0 Å². The number of aryl methyl sites for hydroxylation is 2. The number of thiophene rings is 1. The van der Waals surface area contributed by atoms with Gasteiger partial charge in [-0.2, -0.15) is 0 Å². The lowest BCUT2D eigenvalue weighted by atomic mass is 9.96. The summed E-state index contributed by atoms with van der Waals surface area (Å²) in [6.07, 6.45) is 1.16. The molecule has 0 fully saturated rings. The first kappa shape index (κ1) is 13.8. The predicted octanol–water partition coefficient (Wildman–Crippen LogP) is 3.42. The van der Waals surface area contributed by atoms with Crippen molar-refractivity contribution in [1.82, 2.24) is 4.90 Å². The minimum absolute atomic E-state index is 0.336. The number of fused-ring (bicyclic) bond motifs is 1. The first-order valence-corrected chi connectivity index (χ1v) is 8.13. The van der Waals surface area contributed by atoms with Gasteiger partial charge in [0.2, 0.25) is 0 Å². The maximum atomic E-state index is 6.11. The number of hydrogen-bond donors (Lipinski definition) is 1. The first-order chi connectivity index (χ1) is 9.69. The second-order valence-electron chi connectivity index (χ2n) is 5.70. The molecule has 3 heteroatoms. The number of benzene rings is 1. The molecule has 0 amide bonds. The van der Waals surface area contributed by atoms with Crippen molar-refractivity contribution in [2.24, 2.45) is 5.73 Å². The molecule has 3 rings (SSSR count). The van der Waals surface area contributed by atoms with E-state index in [0.717, 1.165) is 19.5 Å². The van der Waals surface area contributed by atoms with Crippen molar-refractivity contribution in [3.05, 3.63) is 56.8 Å². The number of hydrogen-bond acceptors (Lipinski definition) is 3. The summed E-state index contributed by atoms with van der Waals surface area (Å²) >= 11 is 1.89. The fourth-order valence-corrected chi connectivity index (χ4v) is 4.02. The second-order valence-corrected chi connectivity index (χ2v) is 6.70. The second kappa shape index (κ2) is 5.68. The molecule has 1 aromatic heterocycles.